The minimum atomic E-state index is -0.328. The van der Waals surface area contributed by atoms with Crippen LogP contribution < -0.4 is 14.8 Å². The Labute approximate surface area is 157 Å². The van der Waals surface area contributed by atoms with Gasteiger partial charge in [0.15, 0.2) is 17.3 Å². The second kappa shape index (κ2) is 7.32. The van der Waals surface area contributed by atoms with Crippen LogP contribution in [0.3, 0.4) is 0 Å². The average Bonchev–Trinajstić information content (AvgIpc) is 3.05. The number of nitrogens with one attached hydrogen (secondary N) is 1. The second-order valence-corrected chi connectivity index (χ2v) is 6.58. The summed E-state index contributed by atoms with van der Waals surface area (Å²) in [6.45, 7) is 5.23. The van der Waals surface area contributed by atoms with Crippen molar-refractivity contribution < 1.29 is 23.4 Å². The number of carbonyl (C=O) groups is 1. The van der Waals surface area contributed by atoms with Gasteiger partial charge in [-0.15, -0.1) is 0 Å². The minimum absolute atomic E-state index is 0.0485. The lowest BCUT2D eigenvalue weighted by atomic mass is 10.1. The maximum atomic E-state index is 12.9. The summed E-state index contributed by atoms with van der Waals surface area (Å²) in [6.07, 6.45) is 0.0485. The molecule has 0 saturated carbocycles. The molecule has 2 aromatic carbocycles. The zero-order valence-corrected chi connectivity index (χ0v) is 15.3. The summed E-state index contributed by atoms with van der Waals surface area (Å²) in [7, 11) is 0. The predicted octanol–water partition coefficient (Wildman–Crippen LogP) is 4.38. The molecule has 0 spiro atoms. The van der Waals surface area contributed by atoms with Gasteiger partial charge in [0.25, 0.3) is 5.91 Å². The van der Waals surface area contributed by atoms with Crippen LogP contribution in [0.15, 0.2) is 46.9 Å². The highest BCUT2D eigenvalue weighted by molar-refractivity contribution is 6.06. The van der Waals surface area contributed by atoms with E-state index in [1.54, 1.807) is 18.2 Å². The molecule has 0 atom stereocenters. The maximum Gasteiger partial charge on any atom is 0.291 e. The van der Waals surface area contributed by atoms with Crippen LogP contribution in [0.25, 0.3) is 11.0 Å². The number of para-hydroxylation sites is 1. The molecule has 2 heterocycles. The van der Waals surface area contributed by atoms with Gasteiger partial charge < -0.3 is 23.9 Å². The van der Waals surface area contributed by atoms with Crippen molar-refractivity contribution in [2.75, 3.05) is 18.5 Å². The van der Waals surface area contributed by atoms with E-state index in [0.717, 1.165) is 10.9 Å². The molecular weight excluding hydrogens is 346 g/mol. The predicted molar refractivity (Wildman–Crippen MR) is 102 cm³/mol. The van der Waals surface area contributed by atoms with E-state index in [2.05, 4.69) is 5.32 Å². The first kappa shape index (κ1) is 17.4. The average molecular weight is 367 g/mol. The summed E-state index contributed by atoms with van der Waals surface area (Å²) < 4.78 is 22.6. The van der Waals surface area contributed by atoms with Gasteiger partial charge in [0.2, 0.25) is 0 Å². The molecule has 1 aromatic heterocycles. The first-order chi connectivity index (χ1) is 13.1. The number of benzene rings is 2. The van der Waals surface area contributed by atoms with Crippen LogP contribution in [0.5, 0.6) is 11.5 Å². The molecule has 0 aliphatic carbocycles. The standard InChI is InChI=1S/C21H21NO5/c1-13(2)26-12-16-15-5-3-4-6-17(15)27-20(16)21(23)22-14-7-8-18-19(11-14)25-10-9-24-18/h3-8,11,13H,9-10,12H2,1-2H3,(H,22,23). The first-order valence-electron chi connectivity index (χ1n) is 8.95. The quantitative estimate of drug-likeness (QED) is 0.725. The lowest BCUT2D eigenvalue weighted by Crippen LogP contribution is -2.17. The Balaban J connectivity index is 1.63. The molecule has 0 fully saturated rings. The van der Waals surface area contributed by atoms with Gasteiger partial charge in [-0.25, -0.2) is 0 Å². The number of fused-ring (bicyclic) bond motifs is 2. The molecule has 1 aliphatic heterocycles. The fourth-order valence-electron chi connectivity index (χ4n) is 2.98. The van der Waals surface area contributed by atoms with E-state index in [9.17, 15) is 4.79 Å². The normalized spacial score (nSPS) is 13.1. The summed E-state index contributed by atoms with van der Waals surface area (Å²) in [5.74, 6) is 1.22. The van der Waals surface area contributed by atoms with Crippen molar-refractivity contribution in [2.24, 2.45) is 0 Å². The zero-order chi connectivity index (χ0) is 18.8. The molecule has 140 valence electrons. The zero-order valence-electron chi connectivity index (χ0n) is 15.3. The van der Waals surface area contributed by atoms with E-state index in [1.807, 2.05) is 38.1 Å². The van der Waals surface area contributed by atoms with Crippen molar-refractivity contribution in [3.63, 3.8) is 0 Å². The van der Waals surface area contributed by atoms with Crippen molar-refractivity contribution >= 4 is 22.6 Å². The van der Waals surface area contributed by atoms with Gasteiger partial charge in [-0.05, 0) is 32.0 Å². The molecule has 6 heteroatoms. The molecule has 1 amide bonds. The topological polar surface area (TPSA) is 69.9 Å². The van der Waals surface area contributed by atoms with Crippen molar-refractivity contribution in [2.45, 2.75) is 26.6 Å². The van der Waals surface area contributed by atoms with Gasteiger partial charge in [0.05, 0.1) is 12.7 Å². The molecule has 6 nitrogen and oxygen atoms in total. The van der Waals surface area contributed by atoms with Gasteiger partial charge in [-0.2, -0.15) is 0 Å². The Morgan fingerprint density at radius 1 is 1.11 bits per heavy atom. The number of furan rings is 1. The second-order valence-electron chi connectivity index (χ2n) is 6.58. The molecule has 1 N–H and O–H groups in total. The van der Waals surface area contributed by atoms with E-state index in [-0.39, 0.29) is 17.8 Å². The van der Waals surface area contributed by atoms with Crippen molar-refractivity contribution in [3.8, 4) is 11.5 Å². The lowest BCUT2D eigenvalue weighted by molar-refractivity contribution is 0.0648. The Kier molecular flexibility index (Phi) is 4.73. The van der Waals surface area contributed by atoms with Gasteiger partial charge >= 0.3 is 0 Å². The third-order valence-electron chi connectivity index (χ3n) is 4.27. The Morgan fingerprint density at radius 3 is 2.70 bits per heavy atom. The number of amides is 1. The van der Waals surface area contributed by atoms with Crippen molar-refractivity contribution in [1.29, 1.82) is 0 Å². The molecule has 0 unspecified atom stereocenters. The molecule has 0 saturated heterocycles. The van der Waals surface area contributed by atoms with Crippen LogP contribution in [-0.4, -0.2) is 25.2 Å². The Bertz CT molecular complexity index is 976. The third-order valence-corrected chi connectivity index (χ3v) is 4.27. The highest BCUT2D eigenvalue weighted by Gasteiger charge is 2.22. The summed E-state index contributed by atoms with van der Waals surface area (Å²) in [5, 5.41) is 3.75. The van der Waals surface area contributed by atoms with Crippen LogP contribution in [0.1, 0.15) is 30.0 Å². The maximum absolute atomic E-state index is 12.9. The lowest BCUT2D eigenvalue weighted by Gasteiger charge is -2.19. The fourth-order valence-corrected chi connectivity index (χ4v) is 2.98. The summed E-state index contributed by atoms with van der Waals surface area (Å²) in [6, 6.07) is 12.9. The van der Waals surface area contributed by atoms with Crippen LogP contribution in [0.2, 0.25) is 0 Å². The van der Waals surface area contributed by atoms with E-state index in [4.69, 9.17) is 18.6 Å². The van der Waals surface area contributed by atoms with E-state index >= 15 is 0 Å². The number of rotatable bonds is 5. The summed E-state index contributed by atoms with van der Waals surface area (Å²) in [5.41, 5.74) is 2.02. The van der Waals surface area contributed by atoms with Crippen LogP contribution in [-0.2, 0) is 11.3 Å². The van der Waals surface area contributed by atoms with Gasteiger partial charge in [-0.1, -0.05) is 18.2 Å². The van der Waals surface area contributed by atoms with E-state index in [0.29, 0.717) is 42.6 Å². The molecule has 3 aromatic rings. The molecule has 4 rings (SSSR count). The monoisotopic (exact) mass is 367 g/mol. The molecule has 1 aliphatic rings. The third kappa shape index (κ3) is 3.61. The van der Waals surface area contributed by atoms with Crippen LogP contribution >= 0.6 is 0 Å². The first-order valence-corrected chi connectivity index (χ1v) is 8.95. The largest absolute Gasteiger partial charge is 0.486 e. The van der Waals surface area contributed by atoms with E-state index in [1.165, 1.54) is 0 Å². The summed E-state index contributed by atoms with van der Waals surface area (Å²) in [4.78, 5) is 12.9. The highest BCUT2D eigenvalue weighted by Crippen LogP contribution is 2.33. The van der Waals surface area contributed by atoms with Crippen molar-refractivity contribution in [1.82, 2.24) is 0 Å². The molecule has 0 bridgehead atoms. The minimum Gasteiger partial charge on any atom is -0.486 e. The van der Waals surface area contributed by atoms with Crippen LogP contribution in [0.4, 0.5) is 5.69 Å². The number of hydrogen-bond donors (Lipinski definition) is 1. The number of hydrogen-bond acceptors (Lipinski definition) is 5. The Hall–Kier alpha value is -2.99. The highest BCUT2D eigenvalue weighted by atomic mass is 16.6. The molecule has 27 heavy (non-hydrogen) atoms. The van der Waals surface area contributed by atoms with Gasteiger partial charge in [0, 0.05) is 22.7 Å². The summed E-state index contributed by atoms with van der Waals surface area (Å²) >= 11 is 0. The number of anilines is 1. The molecular formula is C21H21NO5. The van der Waals surface area contributed by atoms with Gasteiger partial charge in [-0.3, -0.25) is 4.79 Å². The fraction of sp³-hybridized carbons (Fsp3) is 0.286. The number of ether oxygens (including phenoxy) is 3. The number of carbonyl (C=O) groups excluding carboxylic acids is 1. The van der Waals surface area contributed by atoms with Crippen molar-refractivity contribution in [3.05, 3.63) is 53.8 Å². The van der Waals surface area contributed by atoms with Gasteiger partial charge in [0.1, 0.15) is 18.8 Å². The smallest absolute Gasteiger partial charge is 0.291 e. The van der Waals surface area contributed by atoms with Crippen LogP contribution in [0, 0.1) is 0 Å². The Morgan fingerprint density at radius 2 is 1.89 bits per heavy atom. The molecule has 0 radical (unpaired) electrons. The SMILES string of the molecule is CC(C)OCc1c(C(=O)Nc2ccc3c(c2)OCCO3)oc2ccccc12. The van der Waals surface area contributed by atoms with E-state index < -0.39 is 0 Å².